The van der Waals surface area contributed by atoms with Crippen molar-refractivity contribution >= 4 is 34.8 Å². The van der Waals surface area contributed by atoms with Crippen LogP contribution < -0.4 is 26.5 Å². The Labute approximate surface area is 361 Å². The number of epoxide rings is 1. The predicted molar refractivity (Wildman–Crippen MR) is 238 cm³/mol. The van der Waals surface area contributed by atoms with Gasteiger partial charge in [0, 0.05) is 60.3 Å². The smallest absolute Gasteiger partial charge is 0.341 e. The van der Waals surface area contributed by atoms with Crippen LogP contribution in [0.1, 0.15) is 94.2 Å². The second-order valence-electron chi connectivity index (χ2n) is 18.1. The lowest BCUT2D eigenvalue weighted by Crippen LogP contribution is -2.52. The summed E-state index contributed by atoms with van der Waals surface area (Å²) in [6.45, 7) is 10.6. The summed E-state index contributed by atoms with van der Waals surface area (Å²) in [5, 5.41) is 18.7. The summed E-state index contributed by atoms with van der Waals surface area (Å²) < 4.78 is 25.3. The first-order valence-corrected chi connectivity index (χ1v) is 22.1. The van der Waals surface area contributed by atoms with E-state index in [4.69, 9.17) is 34.3 Å². The van der Waals surface area contributed by atoms with E-state index in [-0.39, 0.29) is 34.2 Å². The van der Waals surface area contributed by atoms with Crippen molar-refractivity contribution in [3.05, 3.63) is 92.7 Å². The molecule has 8 heterocycles. The van der Waals surface area contributed by atoms with Crippen molar-refractivity contribution in [2.75, 3.05) is 37.7 Å². The molecule has 0 aliphatic carbocycles. The fourth-order valence-electron chi connectivity index (χ4n) is 9.97. The largest absolute Gasteiger partial charge is 0.507 e. The number of fused-ring (bicyclic) bond motifs is 5. The van der Waals surface area contributed by atoms with Gasteiger partial charge in [0.25, 0.3) is 0 Å². The van der Waals surface area contributed by atoms with Gasteiger partial charge in [-0.2, -0.15) is 0 Å². The number of allylic oxidation sites excluding steroid dienone is 1. The molecule has 0 bridgehead atoms. The summed E-state index contributed by atoms with van der Waals surface area (Å²) in [5.74, 6) is 1.08. The van der Waals surface area contributed by atoms with Gasteiger partial charge in [0.2, 0.25) is 0 Å². The third kappa shape index (κ3) is 8.06. The molecule has 9 rings (SSSR count). The van der Waals surface area contributed by atoms with Crippen LogP contribution in [0, 0.1) is 12.8 Å². The highest BCUT2D eigenvalue weighted by Crippen LogP contribution is 2.54. The van der Waals surface area contributed by atoms with Crippen LogP contribution in [-0.2, 0) is 27.2 Å². The van der Waals surface area contributed by atoms with Gasteiger partial charge in [-0.25, -0.2) is 14.8 Å². The number of anilines is 2. The average Bonchev–Trinajstić information content (AvgIpc) is 3.52. The molecule has 14 nitrogen and oxygen atoms in total. The predicted octanol–water partition coefficient (Wildman–Crippen LogP) is 7.07. The van der Waals surface area contributed by atoms with Gasteiger partial charge in [0.15, 0.2) is 11.0 Å². The fourth-order valence-corrected chi connectivity index (χ4v) is 9.97. The van der Waals surface area contributed by atoms with Crippen molar-refractivity contribution in [2.45, 2.75) is 115 Å². The molecule has 5 atom stereocenters. The molecule has 4 aromatic rings. The zero-order valence-electron chi connectivity index (χ0n) is 36.3. The number of aliphatic imine (C=N–C) groups is 1. The first-order chi connectivity index (χ1) is 29.8. The van der Waals surface area contributed by atoms with Crippen LogP contribution >= 0.6 is 0 Å². The summed E-state index contributed by atoms with van der Waals surface area (Å²) in [5.41, 5.74) is 10.6. The minimum atomic E-state index is -1.12. The number of ether oxygens (including phenoxy) is 3. The van der Waals surface area contributed by atoms with E-state index < -0.39 is 29.2 Å². The van der Waals surface area contributed by atoms with E-state index in [1.165, 1.54) is 11.6 Å². The zero-order valence-corrected chi connectivity index (χ0v) is 36.3. The molecule has 14 heteroatoms. The van der Waals surface area contributed by atoms with E-state index in [9.17, 15) is 14.7 Å². The van der Waals surface area contributed by atoms with Gasteiger partial charge in [0.05, 0.1) is 29.7 Å². The summed E-state index contributed by atoms with van der Waals surface area (Å²) >= 11 is 0. The first kappa shape index (κ1) is 41.6. The SMILES string of the molecule is CCCCCNc1cc(-c2cc(CC[C@H]3O[C@@]34CC[C@@H](CNC)C[C@@H]3c5c(cc6oc(C)cc(=O)c6c5O)OC(C)(C)[C@@H]3OC4=O)cc(N)n2)cc(CN2C=C3N=CC=C3C2)n1. The summed E-state index contributed by atoms with van der Waals surface area (Å²) in [7, 11) is 1.91. The Morgan fingerprint density at radius 1 is 1.08 bits per heavy atom. The highest BCUT2D eigenvalue weighted by atomic mass is 16.7. The molecule has 0 saturated carbocycles. The molecule has 5 aliphatic rings. The molecule has 1 aromatic carbocycles. The van der Waals surface area contributed by atoms with Crippen LogP contribution in [0.2, 0.25) is 0 Å². The number of aromatic hydroxyl groups is 1. The quantitative estimate of drug-likeness (QED) is 0.0608. The van der Waals surface area contributed by atoms with Gasteiger partial charge in [-0.1, -0.05) is 19.8 Å². The maximum absolute atomic E-state index is 14.5. The third-order valence-corrected chi connectivity index (χ3v) is 13.0. The van der Waals surface area contributed by atoms with Crippen LogP contribution in [0.4, 0.5) is 11.6 Å². The molecule has 3 aromatic heterocycles. The number of phenols is 1. The average molecular weight is 844 g/mol. The summed E-state index contributed by atoms with van der Waals surface area (Å²) in [6.07, 6.45) is 11.1. The zero-order chi connectivity index (χ0) is 43.3. The molecule has 62 heavy (non-hydrogen) atoms. The van der Waals surface area contributed by atoms with Crippen LogP contribution in [0.25, 0.3) is 22.2 Å². The molecule has 5 aliphatic heterocycles. The Bertz CT molecular complexity index is 2560. The van der Waals surface area contributed by atoms with E-state index in [0.717, 1.165) is 66.4 Å². The highest BCUT2D eigenvalue weighted by Gasteiger charge is 2.65. The molecule has 0 amide bonds. The Hall–Kier alpha value is -5.73. The minimum Gasteiger partial charge on any atom is -0.507 e. The van der Waals surface area contributed by atoms with Crippen LogP contribution in [0.5, 0.6) is 11.5 Å². The second kappa shape index (κ2) is 16.5. The number of unbranched alkanes of at least 4 members (excludes halogenated alkanes) is 2. The van der Waals surface area contributed by atoms with Gasteiger partial charge in [-0.3, -0.25) is 9.79 Å². The second-order valence-corrected chi connectivity index (χ2v) is 18.1. The van der Waals surface area contributed by atoms with Gasteiger partial charge >= 0.3 is 5.97 Å². The van der Waals surface area contributed by atoms with Crippen molar-refractivity contribution in [2.24, 2.45) is 10.9 Å². The van der Waals surface area contributed by atoms with Crippen molar-refractivity contribution in [3.8, 4) is 22.8 Å². The monoisotopic (exact) mass is 843 g/mol. The van der Waals surface area contributed by atoms with Crippen molar-refractivity contribution in [1.82, 2.24) is 20.2 Å². The third-order valence-electron chi connectivity index (χ3n) is 13.0. The lowest BCUT2D eigenvalue weighted by molar-refractivity contribution is -0.170. The molecular weight excluding hydrogens is 787 g/mol. The maximum atomic E-state index is 14.5. The van der Waals surface area contributed by atoms with E-state index in [2.05, 4.69) is 51.9 Å². The van der Waals surface area contributed by atoms with Crippen molar-refractivity contribution in [1.29, 1.82) is 0 Å². The van der Waals surface area contributed by atoms with Crippen molar-refractivity contribution in [3.63, 3.8) is 0 Å². The maximum Gasteiger partial charge on any atom is 0.341 e. The Morgan fingerprint density at radius 3 is 2.74 bits per heavy atom. The number of nitrogens with two attached hydrogens (primary N) is 1. The molecule has 5 N–H and O–H groups in total. The molecule has 2 saturated heterocycles. The number of esters is 1. The standard InChI is InChI=1S/C48H57N7O7/c1-6-7-8-14-52-41-21-31(20-32(53-41)25-55-24-30-12-15-51-35(30)26-55)34-18-28(19-40(49)54-34)9-10-39-48(62-39)13-11-29(23-50-5)17-33-42-38(61-47(3,4)45(33)60-46(48)58)22-37-43(44(42)57)36(56)16-27(2)59-37/h12,15-16,18-22,26,29,33,39,45,50,57H,6-11,13-14,17,23-25H2,1-5H3,(H2,49,54)(H,52,53)/t29-,33-,39-,45-,48+/m1/s1. The molecule has 1 spiro atoms. The number of benzene rings is 1. The normalized spacial score (nSPS) is 24.6. The Morgan fingerprint density at radius 2 is 1.94 bits per heavy atom. The lowest BCUT2D eigenvalue weighted by Gasteiger charge is -2.45. The van der Waals surface area contributed by atoms with Crippen LogP contribution in [-0.4, -0.2) is 82.3 Å². The summed E-state index contributed by atoms with van der Waals surface area (Å²) in [6, 6.07) is 11.1. The molecule has 326 valence electrons. The lowest BCUT2D eigenvalue weighted by atomic mass is 9.75. The fraction of sp³-hybridized carbons (Fsp3) is 0.479. The van der Waals surface area contributed by atoms with E-state index in [1.807, 2.05) is 39.2 Å². The summed E-state index contributed by atoms with van der Waals surface area (Å²) in [4.78, 5) is 44.1. The molecule has 0 radical (unpaired) electrons. The number of carbonyl (C=O) groups excluding carboxylic acids is 1. The number of aromatic nitrogens is 2. The number of nitrogens with zero attached hydrogens (tertiary/aromatic N) is 4. The van der Waals surface area contributed by atoms with Gasteiger partial charge in [0.1, 0.15) is 51.6 Å². The highest BCUT2D eigenvalue weighted by molar-refractivity contribution is 5.88. The number of hydrogen-bond acceptors (Lipinski definition) is 14. The van der Waals surface area contributed by atoms with Crippen LogP contribution in [0.15, 0.2) is 74.1 Å². The molecular formula is C48H57N7O7. The van der Waals surface area contributed by atoms with Gasteiger partial charge in [-0.05, 0) is 115 Å². The number of nitrogen functional groups attached to an aromatic ring is 1. The number of carbonyl (C=O) groups is 1. The van der Waals surface area contributed by atoms with E-state index in [1.54, 1.807) is 13.0 Å². The number of hydrogen-bond donors (Lipinski definition) is 4. The van der Waals surface area contributed by atoms with Gasteiger partial charge in [-0.15, -0.1) is 0 Å². The van der Waals surface area contributed by atoms with E-state index in [0.29, 0.717) is 68.1 Å². The number of phenolic OH excluding ortho intramolecular Hbond substituents is 1. The number of nitrogens with one attached hydrogen (secondary N) is 2. The Kier molecular flexibility index (Phi) is 11.1. The van der Waals surface area contributed by atoms with Crippen LogP contribution in [0.3, 0.4) is 0 Å². The van der Waals surface area contributed by atoms with E-state index >= 15 is 0 Å². The number of rotatable bonds is 13. The van der Waals surface area contributed by atoms with Gasteiger partial charge < -0.3 is 45.0 Å². The molecule has 2 fully saturated rings. The molecule has 0 unspecified atom stereocenters. The number of aryl methyl sites for hydroxylation is 2. The first-order valence-electron chi connectivity index (χ1n) is 22.1. The number of pyridine rings is 2. The van der Waals surface area contributed by atoms with Crippen molar-refractivity contribution < 1.29 is 28.5 Å². The Balaban J connectivity index is 0.954. The minimum absolute atomic E-state index is 0.0918. The topological polar surface area (TPSA) is 190 Å².